The van der Waals surface area contributed by atoms with E-state index in [0.29, 0.717) is 43.2 Å². The number of likely N-dealkylation sites (N-methyl/N-ethyl adjacent to an activating group) is 2. The predicted octanol–water partition coefficient (Wildman–Crippen LogP) is 2.45. The maximum absolute atomic E-state index is 13.3. The van der Waals surface area contributed by atoms with Crippen LogP contribution in [-0.2, 0) is 51.1 Å². The van der Waals surface area contributed by atoms with E-state index in [9.17, 15) is 38.9 Å². The van der Waals surface area contributed by atoms with Gasteiger partial charge in [-0.3, -0.25) is 28.8 Å². The third-order valence-electron chi connectivity index (χ3n) is 13.5. The van der Waals surface area contributed by atoms with Crippen molar-refractivity contribution in [1.29, 1.82) is 0 Å². The number of nitrogens with two attached hydrogens (primary N) is 1. The Morgan fingerprint density at radius 2 is 1.00 bits per heavy atom. The van der Waals surface area contributed by atoms with Gasteiger partial charge in [0.1, 0.15) is 23.6 Å². The lowest BCUT2D eigenvalue weighted by Gasteiger charge is -2.36. The average molecular weight is 1040 g/mol. The highest BCUT2D eigenvalue weighted by Crippen LogP contribution is 2.46. The molecule has 10 unspecified atom stereocenters. The minimum absolute atomic E-state index is 0. The number of ether oxygens (including phenoxy) is 4. The van der Waals surface area contributed by atoms with Gasteiger partial charge in [0.25, 0.3) is 0 Å². The molecule has 0 aromatic heterocycles. The summed E-state index contributed by atoms with van der Waals surface area (Å²) in [6.07, 6.45) is 2.34. The van der Waals surface area contributed by atoms with Gasteiger partial charge in [-0.2, -0.15) is 0 Å². The number of aliphatic carboxylic acids is 2. The van der Waals surface area contributed by atoms with E-state index in [2.05, 4.69) is 15.0 Å². The molecule has 23 heteroatoms. The SMILES string of the molecule is C.CB(O)NC(Cc1ccc(OC(=O)C2C3CCC(O3)C2C(=O)N2CCN(C)CC2)cc1)C(=O)O.CN1CCN(C(=O)C2C3CCC(O3)C2C(=O)Oc2ccc(CC(N)C(=O)O)cc2)CC1.Cl.ClCCl. The number of carboxylic acids is 2. The Morgan fingerprint density at radius 1 is 0.657 bits per heavy atom. The molecular formula is C47H68BCl3N6O13. The molecule has 0 aliphatic carbocycles. The van der Waals surface area contributed by atoms with Gasteiger partial charge in [0.15, 0.2) is 0 Å². The molecule has 0 spiro atoms. The molecule has 2 aromatic carbocycles. The maximum Gasteiger partial charge on any atom is 0.374 e. The minimum Gasteiger partial charge on any atom is -0.480 e. The Morgan fingerprint density at radius 3 is 1.33 bits per heavy atom. The largest absolute Gasteiger partial charge is 0.480 e. The zero-order chi connectivity index (χ0) is 49.2. The summed E-state index contributed by atoms with van der Waals surface area (Å²) in [7, 11) is 3.11. The second-order valence-corrected chi connectivity index (χ2v) is 19.1. The first-order valence-corrected chi connectivity index (χ1v) is 24.2. The average Bonchev–Trinajstić information content (AvgIpc) is 4.13. The fourth-order valence-corrected chi connectivity index (χ4v) is 9.90. The molecule has 2 aromatic rings. The molecule has 6 saturated heterocycles. The van der Waals surface area contributed by atoms with Gasteiger partial charge in [-0.1, -0.05) is 31.7 Å². The first-order chi connectivity index (χ1) is 32.5. The zero-order valence-electron chi connectivity index (χ0n) is 39.0. The van der Waals surface area contributed by atoms with Crippen molar-refractivity contribution < 1.29 is 63.0 Å². The third-order valence-corrected chi connectivity index (χ3v) is 13.5. The quantitative estimate of drug-likeness (QED) is 0.0789. The van der Waals surface area contributed by atoms with Crippen molar-refractivity contribution in [2.24, 2.45) is 29.4 Å². The van der Waals surface area contributed by atoms with Crippen molar-refractivity contribution in [2.45, 2.75) is 89.3 Å². The summed E-state index contributed by atoms with van der Waals surface area (Å²) in [5.41, 5.74) is 7.01. The molecule has 6 fully saturated rings. The highest BCUT2D eigenvalue weighted by Gasteiger charge is 2.58. The normalized spacial score (nSPS) is 26.4. The van der Waals surface area contributed by atoms with Gasteiger partial charge >= 0.3 is 30.9 Å². The zero-order valence-corrected chi connectivity index (χ0v) is 41.4. The molecule has 6 aliphatic heterocycles. The lowest BCUT2D eigenvalue weighted by molar-refractivity contribution is -0.149. The highest BCUT2D eigenvalue weighted by molar-refractivity contribution is 6.46. The minimum atomic E-state index is -1.07. The van der Waals surface area contributed by atoms with E-state index in [-0.39, 0.29) is 74.2 Å². The predicted molar refractivity (Wildman–Crippen MR) is 264 cm³/mol. The number of amides is 2. The Bertz CT molecular complexity index is 2060. The van der Waals surface area contributed by atoms with Gasteiger partial charge in [0, 0.05) is 52.4 Å². The Kier molecular flexibility index (Phi) is 22.6. The molecule has 2 amide bonds. The monoisotopic (exact) mass is 1040 g/mol. The van der Waals surface area contributed by atoms with Crippen molar-refractivity contribution in [3.8, 4) is 11.5 Å². The van der Waals surface area contributed by atoms with E-state index in [4.69, 9.17) is 53.0 Å². The van der Waals surface area contributed by atoms with Gasteiger partial charge in [-0.15, -0.1) is 35.6 Å². The van der Waals surface area contributed by atoms with Gasteiger partial charge in [0.2, 0.25) is 11.8 Å². The van der Waals surface area contributed by atoms with Gasteiger partial charge in [-0.25, -0.2) is 0 Å². The number of nitrogens with one attached hydrogen (secondary N) is 1. The summed E-state index contributed by atoms with van der Waals surface area (Å²) >= 11 is 9.53. The van der Waals surface area contributed by atoms with E-state index in [1.54, 1.807) is 48.5 Å². The second kappa shape index (κ2) is 27.1. The highest BCUT2D eigenvalue weighted by atomic mass is 35.5. The van der Waals surface area contributed by atoms with Crippen molar-refractivity contribution >= 4 is 78.4 Å². The number of rotatable bonds is 14. The van der Waals surface area contributed by atoms with Crippen LogP contribution in [0.25, 0.3) is 0 Å². The topological polar surface area (TPSA) is 251 Å². The summed E-state index contributed by atoms with van der Waals surface area (Å²) in [6, 6.07) is 11.3. The van der Waals surface area contributed by atoms with Crippen molar-refractivity contribution in [1.82, 2.24) is 24.8 Å². The van der Waals surface area contributed by atoms with Crippen LogP contribution in [0.1, 0.15) is 44.2 Å². The molecule has 6 N–H and O–H groups in total. The number of alkyl halides is 2. The molecule has 0 saturated carbocycles. The molecule has 388 valence electrons. The smallest absolute Gasteiger partial charge is 0.374 e. The number of hydrogen-bond acceptors (Lipinski definition) is 15. The number of hydrogen-bond donors (Lipinski definition) is 5. The summed E-state index contributed by atoms with van der Waals surface area (Å²) in [5.74, 6) is -4.65. The van der Waals surface area contributed by atoms with Crippen LogP contribution in [0.15, 0.2) is 48.5 Å². The summed E-state index contributed by atoms with van der Waals surface area (Å²) in [5, 5.41) is 30.5. The van der Waals surface area contributed by atoms with Gasteiger partial charge < -0.3 is 64.7 Å². The van der Waals surface area contributed by atoms with Crippen LogP contribution in [0.3, 0.4) is 0 Å². The summed E-state index contributed by atoms with van der Waals surface area (Å²) < 4.78 is 23.1. The maximum atomic E-state index is 13.3. The van der Waals surface area contributed by atoms with Crippen LogP contribution >= 0.6 is 35.6 Å². The van der Waals surface area contributed by atoms with Gasteiger partial charge in [-0.05, 0) is 94.8 Å². The molecular weight excluding hydrogens is 974 g/mol. The van der Waals surface area contributed by atoms with Crippen LogP contribution in [0.2, 0.25) is 6.82 Å². The molecule has 70 heavy (non-hydrogen) atoms. The molecule has 19 nitrogen and oxygen atoms in total. The fourth-order valence-electron chi connectivity index (χ4n) is 9.90. The van der Waals surface area contributed by atoms with Crippen LogP contribution in [0.5, 0.6) is 11.5 Å². The van der Waals surface area contributed by atoms with E-state index >= 15 is 0 Å². The number of halogens is 3. The number of benzene rings is 2. The molecule has 6 aliphatic rings. The molecule has 4 bridgehead atoms. The Balaban J connectivity index is 0.000000282. The van der Waals surface area contributed by atoms with Crippen LogP contribution in [0, 0.1) is 23.7 Å². The lowest BCUT2D eigenvalue weighted by Crippen LogP contribution is -2.52. The first-order valence-electron chi connectivity index (χ1n) is 23.1. The van der Waals surface area contributed by atoms with Gasteiger partial charge in [0.05, 0.1) is 53.4 Å². The fraction of sp³-hybridized carbons (Fsp3) is 0.617. The summed E-state index contributed by atoms with van der Waals surface area (Å²) in [6.45, 7) is 7.33. The number of fused-ring (bicyclic) bond motifs is 4. The lowest BCUT2D eigenvalue weighted by atomic mass is 9.78. The number of piperazine rings is 2. The van der Waals surface area contributed by atoms with Crippen LogP contribution in [0.4, 0.5) is 0 Å². The Hall–Kier alpha value is -4.09. The molecule has 0 radical (unpaired) electrons. The van der Waals surface area contributed by atoms with E-state index in [1.165, 1.54) is 6.82 Å². The second-order valence-electron chi connectivity index (χ2n) is 18.3. The number of esters is 2. The van der Waals surface area contributed by atoms with E-state index in [0.717, 1.165) is 57.4 Å². The van der Waals surface area contributed by atoms with E-state index < -0.39 is 66.7 Å². The van der Waals surface area contributed by atoms with Crippen LogP contribution in [-0.4, -0.2) is 186 Å². The van der Waals surface area contributed by atoms with E-state index in [1.807, 2.05) is 23.9 Å². The van der Waals surface area contributed by atoms with Crippen molar-refractivity contribution in [2.75, 3.05) is 71.8 Å². The summed E-state index contributed by atoms with van der Waals surface area (Å²) in [4.78, 5) is 83.0. The standard InChI is InChI=1S/C23H32BN3O7.C22H29N3O6.CH2Cl2.CH4.ClH/c1-24(32)25-16(22(29)30)13-14-3-5-15(6-4-14)33-23(31)20-18-8-7-17(34-18)19(20)21(28)27-11-9-26(2)10-12-27;1-24-8-10-25(11-9-24)20(26)18-16-6-7-17(31-16)19(18)22(29)30-14-4-2-13(3-5-14)12-15(23)21(27)28;2-1-3;;/h3-6,16-20,25,32H,7-13H2,1-2H3,(H,29,30);2-5,15-19H,6-12,23H2,1H3,(H,27,28);1H2;1H4;1H. The molecule has 8 rings (SSSR count). The number of carbonyl (C=O) groups excluding carboxylic acids is 4. The first kappa shape index (κ1) is 58.5. The molecule has 10 atom stereocenters. The van der Waals surface area contributed by atoms with Crippen LogP contribution < -0.4 is 20.4 Å². The Labute approximate surface area is 426 Å². The number of carboxylic acid groups (broad SMARTS) is 2. The number of carbonyl (C=O) groups is 6. The van der Waals surface area contributed by atoms with Crippen molar-refractivity contribution in [3.05, 3.63) is 59.7 Å². The molecule has 6 heterocycles. The third kappa shape index (κ3) is 15.0. The number of nitrogens with zero attached hydrogens (tertiary/aromatic N) is 4. The van der Waals surface area contributed by atoms with Crippen molar-refractivity contribution in [3.63, 3.8) is 0 Å².